The van der Waals surface area contributed by atoms with Crippen LogP contribution in [-0.4, -0.2) is 20.9 Å². The molecule has 0 spiro atoms. The predicted octanol–water partition coefficient (Wildman–Crippen LogP) is 3.38. The molecular weight excluding hydrogens is 350 g/mol. The molecule has 2 heterocycles. The van der Waals surface area contributed by atoms with Crippen LogP contribution in [0.3, 0.4) is 0 Å². The molecule has 0 bridgehead atoms. The van der Waals surface area contributed by atoms with Gasteiger partial charge in [0.05, 0.1) is 0 Å². The van der Waals surface area contributed by atoms with Gasteiger partial charge in [-0.3, -0.25) is 9.78 Å². The molecule has 0 aliphatic heterocycles. The van der Waals surface area contributed by atoms with Crippen molar-refractivity contribution in [1.82, 2.24) is 20.3 Å². The Kier molecular flexibility index (Phi) is 5.76. The smallest absolute Gasteiger partial charge is 0.270 e. The van der Waals surface area contributed by atoms with E-state index in [2.05, 4.69) is 25.6 Å². The van der Waals surface area contributed by atoms with Crippen LogP contribution in [0.2, 0.25) is 5.02 Å². The van der Waals surface area contributed by atoms with Gasteiger partial charge < -0.3 is 10.6 Å². The van der Waals surface area contributed by atoms with E-state index in [9.17, 15) is 4.79 Å². The molecule has 132 valence electrons. The molecule has 1 amide bonds. The molecule has 3 rings (SSSR count). The Labute approximate surface area is 156 Å². The fourth-order valence-corrected chi connectivity index (χ4v) is 2.45. The number of nitrogens with zero attached hydrogens (tertiary/aromatic N) is 3. The number of amides is 1. The Bertz CT molecular complexity index is 884. The summed E-state index contributed by atoms with van der Waals surface area (Å²) in [5.41, 5.74) is 3.00. The maximum absolute atomic E-state index is 12.4. The molecule has 3 aromatic rings. The van der Waals surface area contributed by atoms with E-state index in [0.717, 1.165) is 11.1 Å². The third-order valence-electron chi connectivity index (χ3n) is 3.63. The molecule has 0 unspecified atom stereocenters. The van der Waals surface area contributed by atoms with E-state index in [1.54, 1.807) is 18.5 Å². The first-order valence-corrected chi connectivity index (χ1v) is 8.49. The van der Waals surface area contributed by atoms with Crippen LogP contribution < -0.4 is 10.6 Å². The van der Waals surface area contributed by atoms with Gasteiger partial charge >= 0.3 is 0 Å². The summed E-state index contributed by atoms with van der Waals surface area (Å²) in [6.07, 6.45) is 3.41. The van der Waals surface area contributed by atoms with Crippen LogP contribution in [0, 0.1) is 6.92 Å². The van der Waals surface area contributed by atoms with Crippen molar-refractivity contribution in [3.05, 3.63) is 82.4 Å². The minimum absolute atomic E-state index is 0.256. The number of halogens is 1. The van der Waals surface area contributed by atoms with Crippen LogP contribution in [0.5, 0.6) is 0 Å². The van der Waals surface area contributed by atoms with Crippen LogP contribution >= 0.6 is 11.6 Å². The highest BCUT2D eigenvalue weighted by Crippen LogP contribution is 2.11. The number of hydrogen-bond acceptors (Lipinski definition) is 5. The number of rotatable bonds is 6. The van der Waals surface area contributed by atoms with Crippen LogP contribution in [0.4, 0.5) is 5.95 Å². The van der Waals surface area contributed by atoms with E-state index in [4.69, 9.17) is 11.6 Å². The van der Waals surface area contributed by atoms with Gasteiger partial charge in [-0.1, -0.05) is 29.8 Å². The Morgan fingerprint density at radius 2 is 1.88 bits per heavy atom. The number of anilines is 1. The standard InChI is InChI=1S/C19H18ClN5O/c1-13-9-17(18(26)22-12-15-3-2-8-21-10-15)25-19(24-13)23-11-14-4-6-16(20)7-5-14/h2-10H,11-12H2,1H3,(H,22,26)(H,23,24,25). The number of carbonyl (C=O) groups is 1. The minimum Gasteiger partial charge on any atom is -0.350 e. The third kappa shape index (κ3) is 5.00. The Morgan fingerprint density at radius 3 is 2.62 bits per heavy atom. The summed E-state index contributed by atoms with van der Waals surface area (Å²) in [4.78, 5) is 25.0. The quantitative estimate of drug-likeness (QED) is 0.698. The molecular formula is C19H18ClN5O. The highest BCUT2D eigenvalue weighted by molar-refractivity contribution is 6.30. The van der Waals surface area contributed by atoms with E-state index in [-0.39, 0.29) is 5.91 Å². The number of aryl methyl sites for hydroxylation is 1. The van der Waals surface area contributed by atoms with Gasteiger partial charge in [0, 0.05) is 36.2 Å². The number of benzene rings is 1. The SMILES string of the molecule is Cc1cc(C(=O)NCc2cccnc2)nc(NCc2ccc(Cl)cc2)n1. The number of aromatic nitrogens is 3. The average Bonchev–Trinajstić information content (AvgIpc) is 2.66. The molecule has 1 aromatic carbocycles. The third-order valence-corrected chi connectivity index (χ3v) is 3.88. The zero-order chi connectivity index (χ0) is 18.4. The van der Waals surface area contributed by atoms with E-state index in [1.165, 1.54) is 0 Å². The van der Waals surface area contributed by atoms with E-state index < -0.39 is 0 Å². The molecule has 0 saturated heterocycles. The lowest BCUT2D eigenvalue weighted by Gasteiger charge is -2.09. The van der Waals surface area contributed by atoms with Crippen molar-refractivity contribution in [2.24, 2.45) is 0 Å². The van der Waals surface area contributed by atoms with Crippen molar-refractivity contribution < 1.29 is 4.79 Å². The van der Waals surface area contributed by atoms with Crippen LogP contribution in [0.15, 0.2) is 54.9 Å². The molecule has 0 aliphatic carbocycles. The summed E-state index contributed by atoms with van der Waals surface area (Å²) in [7, 11) is 0. The monoisotopic (exact) mass is 367 g/mol. The van der Waals surface area contributed by atoms with Crippen molar-refractivity contribution in [2.75, 3.05) is 5.32 Å². The van der Waals surface area contributed by atoms with E-state index in [0.29, 0.717) is 35.4 Å². The lowest BCUT2D eigenvalue weighted by molar-refractivity contribution is 0.0945. The fourth-order valence-electron chi connectivity index (χ4n) is 2.32. The maximum Gasteiger partial charge on any atom is 0.270 e. The van der Waals surface area contributed by atoms with Crippen molar-refractivity contribution >= 4 is 23.5 Å². The lowest BCUT2D eigenvalue weighted by Crippen LogP contribution is -2.24. The number of carbonyl (C=O) groups excluding carboxylic acids is 1. The van der Waals surface area contributed by atoms with Crippen molar-refractivity contribution in [3.8, 4) is 0 Å². The second-order valence-electron chi connectivity index (χ2n) is 5.74. The Morgan fingerprint density at radius 1 is 1.08 bits per heavy atom. The minimum atomic E-state index is -0.256. The molecule has 2 N–H and O–H groups in total. The van der Waals surface area contributed by atoms with Crippen LogP contribution in [-0.2, 0) is 13.1 Å². The van der Waals surface area contributed by atoms with Crippen molar-refractivity contribution in [3.63, 3.8) is 0 Å². The lowest BCUT2D eigenvalue weighted by atomic mass is 10.2. The summed E-state index contributed by atoms with van der Waals surface area (Å²) in [5, 5.41) is 6.66. The first-order chi connectivity index (χ1) is 12.6. The normalized spacial score (nSPS) is 10.4. The van der Waals surface area contributed by atoms with Crippen molar-refractivity contribution in [2.45, 2.75) is 20.0 Å². The second-order valence-corrected chi connectivity index (χ2v) is 6.18. The highest BCUT2D eigenvalue weighted by Gasteiger charge is 2.10. The van der Waals surface area contributed by atoms with Gasteiger partial charge in [0.15, 0.2) is 0 Å². The topological polar surface area (TPSA) is 79.8 Å². The molecule has 26 heavy (non-hydrogen) atoms. The molecule has 0 fully saturated rings. The number of nitrogens with one attached hydrogen (secondary N) is 2. The summed E-state index contributed by atoms with van der Waals surface area (Å²) in [6, 6.07) is 12.9. The molecule has 0 saturated carbocycles. The van der Waals surface area contributed by atoms with Crippen molar-refractivity contribution in [1.29, 1.82) is 0 Å². The van der Waals surface area contributed by atoms with Gasteiger partial charge in [0.25, 0.3) is 5.91 Å². The Hall–Kier alpha value is -2.99. The molecule has 2 aromatic heterocycles. The predicted molar refractivity (Wildman–Crippen MR) is 101 cm³/mol. The van der Waals surface area contributed by atoms with Gasteiger partial charge in [-0.15, -0.1) is 0 Å². The first-order valence-electron chi connectivity index (χ1n) is 8.11. The highest BCUT2D eigenvalue weighted by atomic mass is 35.5. The molecule has 0 aliphatic rings. The van der Waals surface area contributed by atoms with Gasteiger partial charge in [-0.25, -0.2) is 9.97 Å². The van der Waals surface area contributed by atoms with Crippen LogP contribution in [0.25, 0.3) is 0 Å². The summed E-state index contributed by atoms with van der Waals surface area (Å²) in [6.45, 7) is 2.76. The van der Waals surface area contributed by atoms with Gasteiger partial charge in [-0.2, -0.15) is 0 Å². The van der Waals surface area contributed by atoms with Crippen LogP contribution in [0.1, 0.15) is 27.3 Å². The molecule has 0 radical (unpaired) electrons. The molecule has 6 nitrogen and oxygen atoms in total. The first kappa shape index (κ1) is 17.8. The number of hydrogen-bond donors (Lipinski definition) is 2. The molecule has 0 atom stereocenters. The van der Waals surface area contributed by atoms with E-state index in [1.807, 2.05) is 43.3 Å². The number of pyridine rings is 1. The zero-order valence-corrected chi connectivity index (χ0v) is 15.0. The summed E-state index contributed by atoms with van der Waals surface area (Å²) < 4.78 is 0. The average molecular weight is 368 g/mol. The van der Waals surface area contributed by atoms with Gasteiger partial charge in [-0.05, 0) is 42.3 Å². The van der Waals surface area contributed by atoms with E-state index >= 15 is 0 Å². The largest absolute Gasteiger partial charge is 0.350 e. The maximum atomic E-state index is 12.4. The van der Waals surface area contributed by atoms with Gasteiger partial charge in [0.2, 0.25) is 5.95 Å². The van der Waals surface area contributed by atoms with Gasteiger partial charge in [0.1, 0.15) is 5.69 Å². The Balaban J connectivity index is 1.64. The second kappa shape index (κ2) is 8.40. The fraction of sp³-hybridized carbons (Fsp3) is 0.158. The zero-order valence-electron chi connectivity index (χ0n) is 14.2. The molecule has 7 heteroatoms. The summed E-state index contributed by atoms with van der Waals surface area (Å²) in [5.74, 6) is 0.153. The summed E-state index contributed by atoms with van der Waals surface area (Å²) >= 11 is 5.89.